The maximum absolute atomic E-state index is 13.5. The summed E-state index contributed by atoms with van der Waals surface area (Å²) in [4.78, 5) is 34.0. The van der Waals surface area contributed by atoms with Crippen molar-refractivity contribution in [3.8, 4) is 11.1 Å². The van der Waals surface area contributed by atoms with Crippen molar-refractivity contribution in [1.82, 2.24) is 9.80 Å². The summed E-state index contributed by atoms with van der Waals surface area (Å²) in [5, 5.41) is 5.40. The molecule has 10 nitrogen and oxygen atoms in total. The third kappa shape index (κ3) is 8.75. The van der Waals surface area contributed by atoms with Crippen molar-refractivity contribution < 1.29 is 22.7 Å². The molecule has 3 aromatic rings. The molecule has 1 unspecified atom stereocenters. The molecule has 0 spiro atoms. The fourth-order valence-corrected chi connectivity index (χ4v) is 5.96. The van der Waals surface area contributed by atoms with E-state index in [0.29, 0.717) is 23.2 Å². The summed E-state index contributed by atoms with van der Waals surface area (Å²) in [6.45, 7) is 6.12. The number of ether oxygens (including phenoxy) is 1. The summed E-state index contributed by atoms with van der Waals surface area (Å²) in [6.07, 6.45) is 1.62. The van der Waals surface area contributed by atoms with Crippen molar-refractivity contribution in [2.45, 2.75) is 63.1 Å². The summed E-state index contributed by atoms with van der Waals surface area (Å²) in [7, 11) is -1.85. The molecule has 0 bridgehead atoms. The molecule has 44 heavy (non-hydrogen) atoms. The van der Waals surface area contributed by atoms with E-state index in [2.05, 4.69) is 9.89 Å². The fraction of sp³-hybridized carbons (Fsp3) is 0.364. The van der Waals surface area contributed by atoms with Crippen LogP contribution in [-0.4, -0.2) is 68.3 Å². The van der Waals surface area contributed by atoms with Gasteiger partial charge in [-0.2, -0.15) is 4.99 Å². The van der Waals surface area contributed by atoms with Gasteiger partial charge >= 0.3 is 6.09 Å². The topological polar surface area (TPSA) is 148 Å². The Balaban J connectivity index is 1.44. The van der Waals surface area contributed by atoms with E-state index in [-0.39, 0.29) is 35.2 Å². The van der Waals surface area contributed by atoms with Gasteiger partial charge in [0.15, 0.2) is 0 Å². The quantitative estimate of drug-likeness (QED) is 0.254. The van der Waals surface area contributed by atoms with E-state index in [0.717, 1.165) is 43.5 Å². The number of amides is 2. The van der Waals surface area contributed by atoms with E-state index in [1.807, 2.05) is 56.1 Å². The van der Waals surface area contributed by atoms with Crippen LogP contribution in [0.3, 0.4) is 0 Å². The molecule has 0 aliphatic carbocycles. The van der Waals surface area contributed by atoms with E-state index in [9.17, 15) is 18.0 Å². The summed E-state index contributed by atoms with van der Waals surface area (Å²) in [5.74, 6) is 0.0149. The van der Waals surface area contributed by atoms with Gasteiger partial charge in [0, 0.05) is 36.8 Å². The highest BCUT2D eigenvalue weighted by Crippen LogP contribution is 2.27. The van der Waals surface area contributed by atoms with Crippen molar-refractivity contribution in [2.75, 3.05) is 20.1 Å². The molecule has 1 aliphatic rings. The van der Waals surface area contributed by atoms with E-state index < -0.39 is 16.1 Å². The van der Waals surface area contributed by atoms with Gasteiger partial charge in [0.2, 0.25) is 15.9 Å². The highest BCUT2D eigenvalue weighted by molar-refractivity contribution is 7.89. The predicted octanol–water partition coefficient (Wildman–Crippen LogP) is 4.31. The lowest BCUT2D eigenvalue weighted by molar-refractivity contribution is -0.133. The first-order valence-corrected chi connectivity index (χ1v) is 16.3. The first-order chi connectivity index (χ1) is 20.9. The second-order valence-electron chi connectivity index (χ2n) is 11.3. The Hall–Kier alpha value is -4.06. The first kappa shape index (κ1) is 32.8. The minimum Gasteiger partial charge on any atom is -0.444 e. The number of benzene rings is 3. The summed E-state index contributed by atoms with van der Waals surface area (Å²) < 4.78 is 29.6. The van der Waals surface area contributed by atoms with E-state index in [4.69, 9.17) is 15.6 Å². The van der Waals surface area contributed by atoms with Crippen molar-refractivity contribution in [3.05, 3.63) is 89.5 Å². The number of carbonyl (C=O) groups excluding carboxylic acids is 2. The van der Waals surface area contributed by atoms with Crippen LogP contribution in [-0.2, 0) is 32.5 Å². The lowest BCUT2D eigenvalue weighted by Gasteiger charge is -2.29. The molecule has 4 rings (SSSR count). The van der Waals surface area contributed by atoms with Gasteiger partial charge in [-0.3, -0.25) is 4.79 Å². The lowest BCUT2D eigenvalue weighted by Crippen LogP contribution is -2.38. The van der Waals surface area contributed by atoms with Crippen molar-refractivity contribution >= 4 is 27.9 Å². The number of carbonyl (C=O) groups is 2. The normalized spacial score (nSPS) is 15.5. The van der Waals surface area contributed by atoms with Crippen LogP contribution in [0.2, 0.25) is 0 Å². The van der Waals surface area contributed by atoms with Gasteiger partial charge in [0.25, 0.3) is 0 Å². The zero-order chi connectivity index (χ0) is 31.9. The summed E-state index contributed by atoms with van der Waals surface area (Å²) >= 11 is 0. The molecule has 1 fully saturated rings. The Labute approximate surface area is 259 Å². The number of rotatable bonds is 10. The number of hydrogen-bond acceptors (Lipinski definition) is 6. The first-order valence-electron chi connectivity index (χ1n) is 14.8. The Kier molecular flexibility index (Phi) is 10.9. The molecule has 234 valence electrons. The summed E-state index contributed by atoms with van der Waals surface area (Å²) in [6, 6.07) is 21.1. The summed E-state index contributed by atoms with van der Waals surface area (Å²) in [5.41, 5.74) is 9.61. The SMILES string of the molecule is CCC(C)N(Cc1cccc(C(N)=NC(=O)OC2CCN(C)CC2)c1)C(=O)Cc1ccc(-c2ccccc2S(N)(=O)=O)cc1. The molecule has 4 N–H and O–H groups in total. The largest absolute Gasteiger partial charge is 0.444 e. The number of amidine groups is 1. The number of nitrogens with zero attached hydrogens (tertiary/aromatic N) is 3. The van der Waals surface area contributed by atoms with Crippen LogP contribution in [0.4, 0.5) is 4.79 Å². The van der Waals surface area contributed by atoms with Crippen LogP contribution in [0.25, 0.3) is 11.1 Å². The van der Waals surface area contributed by atoms with E-state index >= 15 is 0 Å². The average Bonchev–Trinajstić information content (AvgIpc) is 3.00. The van der Waals surface area contributed by atoms with Gasteiger partial charge in [0.1, 0.15) is 11.9 Å². The van der Waals surface area contributed by atoms with Crippen molar-refractivity contribution in [2.24, 2.45) is 15.9 Å². The van der Waals surface area contributed by atoms with E-state index in [1.54, 1.807) is 36.4 Å². The Morgan fingerprint density at radius 1 is 1.02 bits per heavy atom. The molecule has 0 radical (unpaired) electrons. The molecule has 1 aliphatic heterocycles. The highest BCUT2D eigenvalue weighted by atomic mass is 32.2. The molecule has 2 amide bonds. The maximum Gasteiger partial charge on any atom is 0.435 e. The number of likely N-dealkylation sites (tertiary alicyclic amines) is 1. The van der Waals surface area contributed by atoms with E-state index in [1.165, 1.54) is 6.07 Å². The third-order valence-corrected chi connectivity index (χ3v) is 8.95. The van der Waals surface area contributed by atoms with Gasteiger partial charge < -0.3 is 20.3 Å². The minimum absolute atomic E-state index is 0.0254. The third-order valence-electron chi connectivity index (χ3n) is 7.98. The van der Waals surface area contributed by atoms with Crippen LogP contribution >= 0.6 is 0 Å². The number of primary sulfonamides is 1. The van der Waals surface area contributed by atoms with Gasteiger partial charge in [-0.1, -0.05) is 67.6 Å². The molecule has 1 saturated heterocycles. The zero-order valence-corrected chi connectivity index (χ0v) is 26.3. The monoisotopic (exact) mass is 619 g/mol. The van der Waals surface area contributed by atoms with Crippen LogP contribution in [0.15, 0.2) is 82.7 Å². The predicted molar refractivity (Wildman–Crippen MR) is 171 cm³/mol. The zero-order valence-electron chi connectivity index (χ0n) is 25.5. The van der Waals surface area contributed by atoms with Gasteiger partial charge in [-0.15, -0.1) is 0 Å². The molecule has 11 heteroatoms. The van der Waals surface area contributed by atoms with Crippen LogP contribution in [0, 0.1) is 0 Å². The second kappa shape index (κ2) is 14.6. The standard InChI is InChI=1S/C33H41N5O5S/c1-4-23(2)38(31(39)21-24-12-14-26(15-13-24)29-10-5-6-11-30(29)44(35,41)42)22-25-8-7-9-27(20-25)32(34)36-33(40)43-28-16-18-37(3)19-17-28/h5-15,20,23,28H,4,16-19,21-22H2,1-3H3,(H2,34,36,40)(H2,35,41,42). The maximum atomic E-state index is 13.5. The Morgan fingerprint density at radius 2 is 1.70 bits per heavy atom. The molecule has 3 aromatic carbocycles. The molecule has 0 saturated carbocycles. The number of piperidine rings is 1. The lowest BCUT2D eigenvalue weighted by atomic mass is 10.0. The number of hydrogen-bond donors (Lipinski definition) is 2. The number of nitrogens with two attached hydrogens (primary N) is 2. The van der Waals surface area contributed by atoms with Gasteiger partial charge in [-0.05, 0) is 62.1 Å². The van der Waals surface area contributed by atoms with Gasteiger partial charge in [0.05, 0.1) is 11.3 Å². The van der Waals surface area contributed by atoms with Crippen LogP contribution in [0.1, 0.15) is 49.8 Å². The molecule has 1 heterocycles. The van der Waals surface area contributed by atoms with Crippen LogP contribution < -0.4 is 10.9 Å². The Morgan fingerprint density at radius 3 is 2.36 bits per heavy atom. The molecular weight excluding hydrogens is 578 g/mol. The molecule has 0 aromatic heterocycles. The fourth-order valence-electron chi connectivity index (χ4n) is 5.20. The molecular formula is C33H41N5O5S. The number of aliphatic imine (C=N–C) groups is 1. The molecule has 1 atom stereocenters. The second-order valence-corrected chi connectivity index (χ2v) is 12.8. The van der Waals surface area contributed by atoms with Gasteiger partial charge in [-0.25, -0.2) is 18.4 Å². The number of sulfonamides is 1. The van der Waals surface area contributed by atoms with Crippen molar-refractivity contribution in [3.63, 3.8) is 0 Å². The minimum atomic E-state index is -3.89. The average molecular weight is 620 g/mol. The smallest absolute Gasteiger partial charge is 0.435 e. The van der Waals surface area contributed by atoms with Crippen molar-refractivity contribution in [1.29, 1.82) is 0 Å². The van der Waals surface area contributed by atoms with Crippen LogP contribution in [0.5, 0.6) is 0 Å². The Bertz CT molecular complexity index is 1600. The highest BCUT2D eigenvalue weighted by Gasteiger charge is 2.22.